The molecule has 1 fully saturated rings. The minimum absolute atomic E-state index is 0.684. The molecule has 0 amide bonds. The van der Waals surface area contributed by atoms with Crippen molar-refractivity contribution in [1.29, 1.82) is 0 Å². The lowest BCUT2D eigenvalue weighted by Gasteiger charge is -2.08. The van der Waals surface area contributed by atoms with E-state index < -0.39 is 0 Å². The van der Waals surface area contributed by atoms with E-state index in [2.05, 4.69) is 17.4 Å². The molecule has 0 spiro atoms. The molecule has 0 aromatic heterocycles. The highest BCUT2D eigenvalue weighted by Gasteiger charge is 2.19. The molecule has 0 unspecified atom stereocenters. The third-order valence-electron chi connectivity index (χ3n) is 3.10. The van der Waals surface area contributed by atoms with Gasteiger partial charge in [-0.1, -0.05) is 29.8 Å². The predicted molar refractivity (Wildman–Crippen MR) is 77.8 cm³/mol. The normalized spacial score (nSPS) is 14.4. The monoisotopic (exact) mass is 273 g/mol. The van der Waals surface area contributed by atoms with E-state index in [-0.39, 0.29) is 0 Å². The lowest BCUT2D eigenvalue weighted by molar-refractivity contribution is 0.481. The van der Waals surface area contributed by atoms with Crippen LogP contribution in [0.4, 0.5) is 0 Å². The molecule has 1 aliphatic rings. The van der Waals surface area contributed by atoms with Crippen LogP contribution < -0.4 is 10.1 Å². The fraction of sp³-hybridized carbons (Fsp3) is 0.250. The quantitative estimate of drug-likeness (QED) is 0.873. The van der Waals surface area contributed by atoms with Crippen LogP contribution in [0, 0.1) is 0 Å². The van der Waals surface area contributed by atoms with Gasteiger partial charge in [0, 0.05) is 17.6 Å². The number of halogens is 1. The molecular weight excluding hydrogens is 258 g/mol. The fourth-order valence-electron chi connectivity index (χ4n) is 1.94. The molecule has 1 aliphatic carbocycles. The molecule has 2 nitrogen and oxygen atoms in total. The molecule has 0 radical (unpaired) electrons. The Balaban J connectivity index is 1.67. The van der Waals surface area contributed by atoms with Gasteiger partial charge < -0.3 is 10.1 Å². The van der Waals surface area contributed by atoms with Gasteiger partial charge in [-0.05, 0) is 48.7 Å². The highest BCUT2D eigenvalue weighted by atomic mass is 35.5. The first-order chi connectivity index (χ1) is 9.29. The van der Waals surface area contributed by atoms with Gasteiger partial charge in [-0.2, -0.15) is 0 Å². The van der Waals surface area contributed by atoms with Crippen LogP contribution in [-0.4, -0.2) is 6.04 Å². The topological polar surface area (TPSA) is 21.3 Å². The summed E-state index contributed by atoms with van der Waals surface area (Å²) in [7, 11) is 0. The molecule has 2 aromatic rings. The number of hydrogen-bond donors (Lipinski definition) is 1. The first-order valence-corrected chi connectivity index (χ1v) is 6.93. The van der Waals surface area contributed by atoms with Crippen molar-refractivity contribution in [2.45, 2.75) is 25.4 Å². The summed E-state index contributed by atoms with van der Waals surface area (Å²) < 4.78 is 5.81. The molecule has 1 N–H and O–H groups in total. The lowest BCUT2D eigenvalue weighted by Crippen LogP contribution is -2.15. The highest BCUT2D eigenvalue weighted by Crippen LogP contribution is 2.25. The third kappa shape index (κ3) is 3.72. The second-order valence-corrected chi connectivity index (χ2v) is 5.30. The Morgan fingerprint density at radius 2 is 1.79 bits per heavy atom. The Labute approximate surface area is 118 Å². The van der Waals surface area contributed by atoms with E-state index in [1.54, 1.807) is 0 Å². The Bertz CT molecular complexity index is 566. The Kier molecular flexibility index (Phi) is 3.72. The van der Waals surface area contributed by atoms with Crippen molar-refractivity contribution in [3.05, 3.63) is 59.1 Å². The smallest absolute Gasteiger partial charge is 0.128 e. The average molecular weight is 274 g/mol. The molecule has 0 saturated heterocycles. The van der Waals surface area contributed by atoms with Crippen molar-refractivity contribution < 1.29 is 4.74 Å². The zero-order chi connectivity index (χ0) is 13.1. The summed E-state index contributed by atoms with van der Waals surface area (Å²) in [5.41, 5.74) is 1.24. The average Bonchev–Trinajstić information content (AvgIpc) is 3.21. The molecule has 0 atom stereocenters. The summed E-state index contributed by atoms with van der Waals surface area (Å²) in [6, 6.07) is 16.3. The maximum atomic E-state index is 5.94. The van der Waals surface area contributed by atoms with E-state index in [0.29, 0.717) is 5.02 Å². The molecule has 1 saturated carbocycles. The van der Waals surface area contributed by atoms with Crippen LogP contribution in [-0.2, 0) is 6.54 Å². The predicted octanol–water partition coefficient (Wildman–Crippen LogP) is 4.38. The summed E-state index contributed by atoms with van der Waals surface area (Å²) in [6.07, 6.45) is 2.61. The van der Waals surface area contributed by atoms with Crippen molar-refractivity contribution in [3.63, 3.8) is 0 Å². The molecule has 98 valence electrons. The van der Waals surface area contributed by atoms with Crippen molar-refractivity contribution >= 4 is 11.6 Å². The van der Waals surface area contributed by atoms with Crippen molar-refractivity contribution in [1.82, 2.24) is 5.32 Å². The highest BCUT2D eigenvalue weighted by molar-refractivity contribution is 6.30. The minimum atomic E-state index is 0.684. The first-order valence-electron chi connectivity index (χ1n) is 6.55. The molecule has 0 bridgehead atoms. The SMILES string of the molecule is Clc1cccc(Oc2cccc(CNC3CC3)c2)c1. The lowest BCUT2D eigenvalue weighted by atomic mass is 10.2. The zero-order valence-electron chi connectivity index (χ0n) is 10.6. The largest absolute Gasteiger partial charge is 0.457 e. The van der Waals surface area contributed by atoms with E-state index in [1.807, 2.05) is 36.4 Å². The molecule has 0 aliphatic heterocycles. The first kappa shape index (κ1) is 12.5. The Morgan fingerprint density at radius 3 is 2.53 bits per heavy atom. The third-order valence-corrected chi connectivity index (χ3v) is 3.34. The Hall–Kier alpha value is -1.51. The van der Waals surface area contributed by atoms with E-state index in [0.717, 1.165) is 24.1 Å². The van der Waals surface area contributed by atoms with Gasteiger partial charge in [0.05, 0.1) is 0 Å². The van der Waals surface area contributed by atoms with Gasteiger partial charge in [0.2, 0.25) is 0 Å². The minimum Gasteiger partial charge on any atom is -0.457 e. The van der Waals surface area contributed by atoms with Gasteiger partial charge in [-0.15, -0.1) is 0 Å². The van der Waals surface area contributed by atoms with Crippen molar-refractivity contribution in [3.8, 4) is 11.5 Å². The standard InChI is InChI=1S/C16H16ClNO/c17-13-4-2-6-16(10-13)19-15-5-1-3-12(9-15)11-18-14-7-8-14/h1-6,9-10,14,18H,7-8,11H2. The van der Waals surface area contributed by atoms with E-state index in [1.165, 1.54) is 18.4 Å². The van der Waals surface area contributed by atoms with E-state index in [4.69, 9.17) is 16.3 Å². The van der Waals surface area contributed by atoms with E-state index in [9.17, 15) is 0 Å². The summed E-state index contributed by atoms with van der Waals surface area (Å²) in [6.45, 7) is 0.900. The molecule has 19 heavy (non-hydrogen) atoms. The van der Waals surface area contributed by atoms with Crippen LogP contribution in [0.25, 0.3) is 0 Å². The van der Waals surface area contributed by atoms with Crippen LogP contribution in [0.15, 0.2) is 48.5 Å². The number of nitrogens with one attached hydrogen (secondary N) is 1. The van der Waals surface area contributed by atoms with Gasteiger partial charge in [-0.3, -0.25) is 0 Å². The molecule has 3 heteroatoms. The van der Waals surface area contributed by atoms with Crippen LogP contribution in [0.5, 0.6) is 11.5 Å². The number of ether oxygens (including phenoxy) is 1. The van der Waals surface area contributed by atoms with Gasteiger partial charge in [-0.25, -0.2) is 0 Å². The maximum absolute atomic E-state index is 5.94. The number of benzene rings is 2. The summed E-state index contributed by atoms with van der Waals surface area (Å²) in [5, 5.41) is 4.18. The van der Waals surface area contributed by atoms with Crippen LogP contribution in [0.3, 0.4) is 0 Å². The van der Waals surface area contributed by atoms with Gasteiger partial charge in [0.25, 0.3) is 0 Å². The molecular formula is C16H16ClNO. The summed E-state index contributed by atoms with van der Waals surface area (Å²) in [4.78, 5) is 0. The fourth-order valence-corrected chi connectivity index (χ4v) is 2.12. The second-order valence-electron chi connectivity index (χ2n) is 4.86. The maximum Gasteiger partial charge on any atom is 0.128 e. The van der Waals surface area contributed by atoms with Gasteiger partial charge in [0.1, 0.15) is 11.5 Å². The van der Waals surface area contributed by atoms with E-state index >= 15 is 0 Å². The molecule has 2 aromatic carbocycles. The molecule has 3 rings (SSSR count). The van der Waals surface area contributed by atoms with Gasteiger partial charge >= 0.3 is 0 Å². The van der Waals surface area contributed by atoms with Crippen molar-refractivity contribution in [2.75, 3.05) is 0 Å². The zero-order valence-corrected chi connectivity index (χ0v) is 11.4. The summed E-state index contributed by atoms with van der Waals surface area (Å²) >= 11 is 5.94. The Morgan fingerprint density at radius 1 is 1.05 bits per heavy atom. The van der Waals surface area contributed by atoms with Crippen LogP contribution >= 0.6 is 11.6 Å². The number of hydrogen-bond acceptors (Lipinski definition) is 2. The molecule has 0 heterocycles. The number of rotatable bonds is 5. The van der Waals surface area contributed by atoms with Gasteiger partial charge in [0.15, 0.2) is 0 Å². The van der Waals surface area contributed by atoms with Crippen molar-refractivity contribution in [2.24, 2.45) is 0 Å². The second kappa shape index (κ2) is 5.64. The van der Waals surface area contributed by atoms with Crippen LogP contribution in [0.1, 0.15) is 18.4 Å². The van der Waals surface area contributed by atoms with Crippen LogP contribution in [0.2, 0.25) is 5.02 Å². The summed E-state index contributed by atoms with van der Waals surface area (Å²) in [5.74, 6) is 1.61.